The van der Waals surface area contributed by atoms with E-state index in [2.05, 4.69) is 179 Å². The predicted molar refractivity (Wildman–Crippen MR) is 215 cm³/mol. The largest absolute Gasteiger partial charge is 0.455 e. The molecule has 0 aliphatic rings. The minimum atomic E-state index is 0.886. The van der Waals surface area contributed by atoms with E-state index in [1.165, 1.54) is 65.2 Å². The van der Waals surface area contributed by atoms with Gasteiger partial charge in [-0.05, 0) is 70.1 Å². The van der Waals surface area contributed by atoms with Crippen LogP contribution in [0.5, 0.6) is 0 Å². The Morgan fingerprint density at radius 2 is 0.882 bits per heavy atom. The molecular formula is C48H28N2O. The molecule has 0 unspecified atom stereocenters. The first-order valence-electron chi connectivity index (χ1n) is 17.5. The van der Waals surface area contributed by atoms with Crippen LogP contribution in [-0.4, -0.2) is 9.13 Å². The Morgan fingerprint density at radius 1 is 0.333 bits per heavy atom. The van der Waals surface area contributed by atoms with E-state index < -0.39 is 0 Å². The molecule has 0 aliphatic carbocycles. The Balaban J connectivity index is 1.21. The second-order valence-corrected chi connectivity index (χ2v) is 13.6. The van der Waals surface area contributed by atoms with Crippen molar-refractivity contribution in [3.63, 3.8) is 0 Å². The topological polar surface area (TPSA) is 23.0 Å². The molecule has 0 saturated carbocycles. The molecule has 0 saturated heterocycles. The summed E-state index contributed by atoms with van der Waals surface area (Å²) in [5.41, 5.74) is 8.85. The smallest absolute Gasteiger partial charge is 0.145 e. The van der Waals surface area contributed by atoms with Gasteiger partial charge in [0.2, 0.25) is 0 Å². The highest BCUT2D eigenvalue weighted by molar-refractivity contribution is 6.32. The molecule has 0 N–H and O–H groups in total. The van der Waals surface area contributed by atoms with Crippen LogP contribution >= 0.6 is 0 Å². The monoisotopic (exact) mass is 648 g/mol. The molecule has 0 fully saturated rings. The van der Waals surface area contributed by atoms with Crippen molar-refractivity contribution in [1.29, 1.82) is 0 Å². The van der Waals surface area contributed by atoms with Crippen LogP contribution in [0, 0.1) is 0 Å². The summed E-state index contributed by atoms with van der Waals surface area (Å²) in [7, 11) is 0. The van der Waals surface area contributed by atoms with Crippen LogP contribution in [0.4, 0.5) is 0 Å². The van der Waals surface area contributed by atoms with Crippen LogP contribution in [0.15, 0.2) is 174 Å². The molecule has 0 radical (unpaired) electrons. The van der Waals surface area contributed by atoms with Crippen molar-refractivity contribution >= 4 is 97.9 Å². The molecule has 3 heteroatoms. The summed E-state index contributed by atoms with van der Waals surface area (Å²) in [5.74, 6) is 0. The summed E-state index contributed by atoms with van der Waals surface area (Å²) in [6, 6.07) is 61.6. The standard InChI is InChI=1S/C48H28N2O/c1-2-12-30(13-3-1)49-41-20-10-8-16-34(41)37-25-22-29-23-26-38-40-28-31(24-27-43(40)51-48(38)44(29)46(37)49)50-42-21-11-9-19-39(42)45-35-17-6-4-14-32(35)33-15-5-7-18-36(33)47(45)50/h1-28H. The van der Waals surface area contributed by atoms with Crippen molar-refractivity contribution < 1.29 is 4.42 Å². The fourth-order valence-corrected chi connectivity index (χ4v) is 8.96. The van der Waals surface area contributed by atoms with Crippen molar-refractivity contribution in [1.82, 2.24) is 9.13 Å². The molecule has 12 rings (SSSR count). The van der Waals surface area contributed by atoms with Gasteiger partial charge in [-0.15, -0.1) is 0 Å². The molecule has 0 aliphatic heterocycles. The van der Waals surface area contributed by atoms with Gasteiger partial charge in [-0.2, -0.15) is 0 Å². The van der Waals surface area contributed by atoms with Gasteiger partial charge in [0.1, 0.15) is 11.2 Å². The van der Waals surface area contributed by atoms with Gasteiger partial charge in [0, 0.05) is 54.5 Å². The van der Waals surface area contributed by atoms with Crippen LogP contribution in [0.3, 0.4) is 0 Å². The van der Waals surface area contributed by atoms with Crippen molar-refractivity contribution in [3.05, 3.63) is 170 Å². The van der Waals surface area contributed by atoms with Gasteiger partial charge in [0.05, 0.1) is 22.1 Å². The van der Waals surface area contributed by atoms with E-state index in [4.69, 9.17) is 4.42 Å². The molecule has 9 aromatic carbocycles. The molecule has 3 aromatic heterocycles. The number of furan rings is 1. The highest BCUT2D eigenvalue weighted by atomic mass is 16.3. The molecule has 236 valence electrons. The van der Waals surface area contributed by atoms with Gasteiger partial charge in [-0.25, -0.2) is 0 Å². The number of para-hydroxylation sites is 3. The van der Waals surface area contributed by atoms with Crippen LogP contribution in [-0.2, 0) is 0 Å². The summed E-state index contributed by atoms with van der Waals surface area (Å²) in [6.07, 6.45) is 0. The average Bonchev–Trinajstić information content (AvgIpc) is 3.86. The maximum absolute atomic E-state index is 6.91. The summed E-state index contributed by atoms with van der Waals surface area (Å²) in [6.45, 7) is 0. The number of fused-ring (bicyclic) bond motifs is 17. The van der Waals surface area contributed by atoms with Crippen molar-refractivity contribution in [2.45, 2.75) is 0 Å². The fraction of sp³-hybridized carbons (Fsp3) is 0. The zero-order valence-electron chi connectivity index (χ0n) is 27.5. The Labute approximate surface area is 291 Å². The summed E-state index contributed by atoms with van der Waals surface area (Å²) < 4.78 is 11.8. The normalized spacial score (nSPS) is 12.3. The molecule has 3 nitrogen and oxygen atoms in total. The molecule has 0 atom stereocenters. The summed E-state index contributed by atoms with van der Waals surface area (Å²) >= 11 is 0. The Kier molecular flexibility index (Phi) is 5.23. The summed E-state index contributed by atoms with van der Waals surface area (Å²) in [4.78, 5) is 0. The predicted octanol–water partition coefficient (Wildman–Crippen LogP) is 13.2. The number of nitrogens with zero attached hydrogens (tertiary/aromatic N) is 2. The third kappa shape index (κ3) is 3.52. The van der Waals surface area contributed by atoms with E-state index >= 15 is 0 Å². The van der Waals surface area contributed by atoms with Gasteiger partial charge >= 0.3 is 0 Å². The number of rotatable bonds is 2. The average molecular weight is 649 g/mol. The Bertz CT molecular complexity index is 3410. The number of aromatic nitrogens is 2. The minimum absolute atomic E-state index is 0.886. The first-order chi connectivity index (χ1) is 25.3. The van der Waals surface area contributed by atoms with E-state index in [0.29, 0.717) is 0 Å². The molecule has 12 aromatic rings. The van der Waals surface area contributed by atoms with Crippen LogP contribution < -0.4 is 0 Å². The molecule has 3 heterocycles. The molecular weight excluding hydrogens is 621 g/mol. The minimum Gasteiger partial charge on any atom is -0.455 e. The third-order valence-electron chi connectivity index (χ3n) is 11.1. The first kappa shape index (κ1) is 27.0. The molecule has 51 heavy (non-hydrogen) atoms. The van der Waals surface area contributed by atoms with Gasteiger partial charge in [-0.3, -0.25) is 0 Å². The highest BCUT2D eigenvalue weighted by Crippen LogP contribution is 2.45. The lowest BCUT2D eigenvalue weighted by Crippen LogP contribution is -1.94. The second kappa shape index (κ2) is 9.87. The lowest BCUT2D eigenvalue weighted by molar-refractivity contribution is 0.673. The fourth-order valence-electron chi connectivity index (χ4n) is 8.96. The number of hydrogen-bond acceptors (Lipinski definition) is 1. The van der Waals surface area contributed by atoms with Crippen LogP contribution in [0.25, 0.3) is 109 Å². The van der Waals surface area contributed by atoms with Gasteiger partial charge < -0.3 is 13.6 Å². The van der Waals surface area contributed by atoms with Crippen molar-refractivity contribution in [2.75, 3.05) is 0 Å². The third-order valence-corrected chi connectivity index (χ3v) is 11.1. The first-order valence-corrected chi connectivity index (χ1v) is 17.5. The molecule has 0 amide bonds. The SMILES string of the molecule is c1ccc(-n2c3ccccc3c3ccc4ccc5c6cc(-n7c8ccccc8c8c9ccccc9c9ccccc9c87)ccc6oc5c4c32)cc1. The zero-order valence-corrected chi connectivity index (χ0v) is 27.5. The van der Waals surface area contributed by atoms with Gasteiger partial charge in [0.25, 0.3) is 0 Å². The number of benzene rings is 9. The number of hydrogen-bond donors (Lipinski definition) is 0. The lowest BCUT2D eigenvalue weighted by Gasteiger charge is -2.12. The molecule has 0 spiro atoms. The van der Waals surface area contributed by atoms with Crippen LogP contribution in [0.1, 0.15) is 0 Å². The van der Waals surface area contributed by atoms with E-state index in [1.54, 1.807) is 0 Å². The Hall–Kier alpha value is -6.84. The maximum Gasteiger partial charge on any atom is 0.145 e. The van der Waals surface area contributed by atoms with Crippen LogP contribution in [0.2, 0.25) is 0 Å². The highest BCUT2D eigenvalue weighted by Gasteiger charge is 2.22. The van der Waals surface area contributed by atoms with E-state index in [1.807, 2.05) is 0 Å². The maximum atomic E-state index is 6.91. The van der Waals surface area contributed by atoms with Gasteiger partial charge in [-0.1, -0.05) is 121 Å². The second-order valence-electron chi connectivity index (χ2n) is 13.6. The van der Waals surface area contributed by atoms with E-state index in [-0.39, 0.29) is 0 Å². The Morgan fingerprint density at radius 3 is 1.67 bits per heavy atom. The zero-order chi connectivity index (χ0) is 33.2. The van der Waals surface area contributed by atoms with Crippen molar-refractivity contribution in [3.8, 4) is 11.4 Å². The molecule has 0 bridgehead atoms. The van der Waals surface area contributed by atoms with E-state index in [0.717, 1.165) is 44.1 Å². The quantitative estimate of drug-likeness (QED) is 0.171. The van der Waals surface area contributed by atoms with Gasteiger partial charge in [0.15, 0.2) is 0 Å². The lowest BCUT2D eigenvalue weighted by atomic mass is 9.97. The van der Waals surface area contributed by atoms with E-state index in [9.17, 15) is 0 Å². The summed E-state index contributed by atoms with van der Waals surface area (Å²) in [5, 5.41) is 14.6. The van der Waals surface area contributed by atoms with Crippen molar-refractivity contribution in [2.24, 2.45) is 0 Å².